The van der Waals surface area contributed by atoms with Gasteiger partial charge in [0.15, 0.2) is 5.96 Å². The lowest BCUT2D eigenvalue weighted by atomic mass is 9.97. The van der Waals surface area contributed by atoms with Gasteiger partial charge in [0, 0.05) is 6.54 Å². The maximum absolute atomic E-state index is 12.9. The van der Waals surface area contributed by atoms with Crippen LogP contribution in [0.2, 0.25) is 0 Å². The van der Waals surface area contributed by atoms with Crippen LogP contribution >= 0.6 is 0 Å². The third-order valence-corrected chi connectivity index (χ3v) is 5.41. The first-order valence-electron chi connectivity index (χ1n) is 11.6. The lowest BCUT2D eigenvalue weighted by molar-refractivity contribution is -0.142. The fraction of sp³-hybridized carbons (Fsp3) is 0.762. The molecule has 0 aromatic rings. The van der Waals surface area contributed by atoms with Gasteiger partial charge in [-0.3, -0.25) is 19.4 Å². The maximum Gasteiger partial charge on any atom is 0.326 e. The van der Waals surface area contributed by atoms with Crippen LogP contribution in [-0.2, 0) is 19.2 Å². The summed E-state index contributed by atoms with van der Waals surface area (Å²) in [4.78, 5) is 53.1. The normalized spacial score (nSPS) is 15.2. The van der Waals surface area contributed by atoms with E-state index in [0.29, 0.717) is 32.2 Å². The highest BCUT2D eigenvalue weighted by molar-refractivity contribution is 5.94. The standard InChI is InChI=1S/C21H42N8O5/c1-4-12(2)16(19(32)28-15(20(33)34)9-7-11-26-21(24)25)29-17(30)13(3)27-18(31)14(23)8-5-6-10-22/h12-16H,4-11,22-23H2,1-3H3,(H,27,31)(H,28,32)(H,29,30)(H,33,34)(H4,24,25,26). The Morgan fingerprint density at radius 3 is 2.09 bits per heavy atom. The molecular weight excluding hydrogens is 444 g/mol. The van der Waals surface area contributed by atoms with Crippen molar-refractivity contribution in [1.82, 2.24) is 16.0 Å². The number of aliphatic carboxylic acids is 1. The topological polar surface area (TPSA) is 241 Å². The zero-order valence-corrected chi connectivity index (χ0v) is 20.4. The average Bonchev–Trinajstić information content (AvgIpc) is 2.78. The van der Waals surface area contributed by atoms with Crippen molar-refractivity contribution in [2.45, 2.75) is 83.5 Å². The van der Waals surface area contributed by atoms with Gasteiger partial charge in [-0.15, -0.1) is 0 Å². The van der Waals surface area contributed by atoms with Gasteiger partial charge >= 0.3 is 5.97 Å². The average molecular weight is 487 g/mol. The van der Waals surface area contributed by atoms with Gasteiger partial charge in [-0.25, -0.2) is 4.79 Å². The second-order valence-corrected chi connectivity index (χ2v) is 8.34. The minimum Gasteiger partial charge on any atom is -0.480 e. The Balaban J connectivity index is 5.07. The summed E-state index contributed by atoms with van der Waals surface area (Å²) in [7, 11) is 0. The van der Waals surface area contributed by atoms with E-state index >= 15 is 0 Å². The molecule has 5 unspecified atom stereocenters. The first-order chi connectivity index (χ1) is 15.9. The summed E-state index contributed by atoms with van der Waals surface area (Å²) >= 11 is 0. The highest BCUT2D eigenvalue weighted by Crippen LogP contribution is 2.10. The van der Waals surface area contributed by atoms with Crippen molar-refractivity contribution in [1.29, 1.82) is 0 Å². The summed E-state index contributed by atoms with van der Waals surface area (Å²) in [6, 6.07) is -3.88. The van der Waals surface area contributed by atoms with Crippen molar-refractivity contribution in [3.05, 3.63) is 0 Å². The SMILES string of the molecule is CCC(C)C(NC(=O)C(C)NC(=O)C(N)CCCCN)C(=O)NC(CCCN=C(N)N)C(=O)O. The van der Waals surface area contributed by atoms with Crippen LogP contribution in [0.1, 0.15) is 59.3 Å². The molecule has 13 heteroatoms. The van der Waals surface area contributed by atoms with E-state index in [2.05, 4.69) is 20.9 Å². The van der Waals surface area contributed by atoms with E-state index < -0.39 is 47.9 Å². The molecule has 0 aliphatic heterocycles. The van der Waals surface area contributed by atoms with Crippen LogP contribution in [-0.4, -0.2) is 72.0 Å². The van der Waals surface area contributed by atoms with Crippen molar-refractivity contribution >= 4 is 29.7 Å². The van der Waals surface area contributed by atoms with E-state index in [9.17, 15) is 24.3 Å². The molecule has 5 atom stereocenters. The molecule has 0 aromatic heterocycles. The van der Waals surface area contributed by atoms with Crippen molar-refractivity contribution in [3.8, 4) is 0 Å². The van der Waals surface area contributed by atoms with Crippen molar-refractivity contribution in [3.63, 3.8) is 0 Å². The highest BCUT2D eigenvalue weighted by atomic mass is 16.4. The molecule has 0 saturated heterocycles. The molecule has 13 nitrogen and oxygen atoms in total. The number of unbranched alkanes of at least 4 members (excludes halogenated alkanes) is 1. The number of nitrogens with zero attached hydrogens (tertiary/aromatic N) is 1. The van der Waals surface area contributed by atoms with Gasteiger partial charge in [-0.05, 0) is 45.1 Å². The fourth-order valence-corrected chi connectivity index (χ4v) is 3.03. The number of rotatable bonds is 17. The van der Waals surface area contributed by atoms with Gasteiger partial charge in [-0.1, -0.05) is 26.7 Å². The molecule has 0 aromatic carbocycles. The van der Waals surface area contributed by atoms with Crippen LogP contribution in [0.25, 0.3) is 0 Å². The Hall–Kier alpha value is -2.93. The quantitative estimate of drug-likeness (QED) is 0.0649. The molecule has 12 N–H and O–H groups in total. The van der Waals surface area contributed by atoms with Crippen LogP contribution in [0, 0.1) is 5.92 Å². The summed E-state index contributed by atoms with van der Waals surface area (Å²) in [5.74, 6) is -3.29. The maximum atomic E-state index is 12.9. The lowest BCUT2D eigenvalue weighted by Gasteiger charge is -2.27. The Kier molecular flexibility index (Phi) is 15.2. The van der Waals surface area contributed by atoms with Gasteiger partial charge in [0.25, 0.3) is 0 Å². The molecule has 3 amide bonds. The van der Waals surface area contributed by atoms with Gasteiger partial charge in [0.2, 0.25) is 17.7 Å². The summed E-state index contributed by atoms with van der Waals surface area (Å²) in [6.07, 6.45) is 2.87. The Morgan fingerprint density at radius 1 is 0.912 bits per heavy atom. The fourth-order valence-electron chi connectivity index (χ4n) is 3.03. The smallest absolute Gasteiger partial charge is 0.326 e. The molecule has 0 heterocycles. The zero-order valence-electron chi connectivity index (χ0n) is 20.4. The molecule has 0 bridgehead atoms. The van der Waals surface area contributed by atoms with Gasteiger partial charge < -0.3 is 44.0 Å². The van der Waals surface area contributed by atoms with Crippen molar-refractivity contribution in [2.75, 3.05) is 13.1 Å². The lowest BCUT2D eigenvalue weighted by Crippen LogP contribution is -2.58. The highest BCUT2D eigenvalue weighted by Gasteiger charge is 2.31. The summed E-state index contributed by atoms with van der Waals surface area (Å²) in [5, 5.41) is 17.1. The third-order valence-electron chi connectivity index (χ3n) is 5.41. The van der Waals surface area contributed by atoms with Gasteiger partial charge in [0.05, 0.1) is 6.04 Å². The van der Waals surface area contributed by atoms with Crippen molar-refractivity contribution in [2.24, 2.45) is 33.8 Å². The number of nitrogens with two attached hydrogens (primary N) is 4. The van der Waals surface area contributed by atoms with Crippen LogP contribution in [0.15, 0.2) is 4.99 Å². The predicted molar refractivity (Wildman–Crippen MR) is 129 cm³/mol. The Labute approximate surface area is 200 Å². The van der Waals surface area contributed by atoms with Crippen LogP contribution < -0.4 is 38.9 Å². The van der Waals surface area contributed by atoms with E-state index in [0.717, 1.165) is 6.42 Å². The van der Waals surface area contributed by atoms with Gasteiger partial charge in [-0.2, -0.15) is 0 Å². The molecule has 0 rings (SSSR count). The number of hydrogen-bond acceptors (Lipinski definition) is 7. The first kappa shape index (κ1) is 31.1. The van der Waals surface area contributed by atoms with Crippen LogP contribution in [0.4, 0.5) is 0 Å². The minimum absolute atomic E-state index is 0.104. The van der Waals surface area contributed by atoms with E-state index in [1.807, 2.05) is 6.92 Å². The second-order valence-electron chi connectivity index (χ2n) is 8.34. The number of carboxylic acids is 1. The summed E-state index contributed by atoms with van der Waals surface area (Å²) < 4.78 is 0. The number of guanidine groups is 1. The largest absolute Gasteiger partial charge is 0.480 e. The second kappa shape index (κ2) is 16.6. The molecule has 196 valence electrons. The molecular formula is C21H42N8O5. The monoisotopic (exact) mass is 486 g/mol. The van der Waals surface area contributed by atoms with Crippen LogP contribution in [0.3, 0.4) is 0 Å². The molecule has 0 spiro atoms. The number of amides is 3. The van der Waals surface area contributed by atoms with Crippen LogP contribution in [0.5, 0.6) is 0 Å². The summed E-state index contributed by atoms with van der Waals surface area (Å²) in [6.45, 7) is 5.81. The van der Waals surface area contributed by atoms with E-state index in [1.165, 1.54) is 6.92 Å². The number of aliphatic imine (C=N–C) groups is 1. The summed E-state index contributed by atoms with van der Waals surface area (Å²) in [5.41, 5.74) is 21.8. The molecule has 0 fully saturated rings. The zero-order chi connectivity index (χ0) is 26.3. The third kappa shape index (κ3) is 12.3. The minimum atomic E-state index is -1.21. The Morgan fingerprint density at radius 2 is 1.56 bits per heavy atom. The Bertz CT molecular complexity index is 699. The number of carboxylic acid groups (broad SMARTS) is 1. The predicted octanol–water partition coefficient (Wildman–Crippen LogP) is -1.90. The molecule has 0 radical (unpaired) electrons. The molecule has 0 saturated carbocycles. The first-order valence-corrected chi connectivity index (χ1v) is 11.6. The number of nitrogens with one attached hydrogen (secondary N) is 3. The van der Waals surface area contributed by atoms with Gasteiger partial charge in [0.1, 0.15) is 18.1 Å². The molecule has 34 heavy (non-hydrogen) atoms. The molecule has 0 aliphatic rings. The molecule has 0 aliphatic carbocycles. The van der Waals surface area contributed by atoms with E-state index in [1.54, 1.807) is 6.92 Å². The number of carbonyl (C=O) groups excluding carboxylic acids is 3. The van der Waals surface area contributed by atoms with E-state index in [-0.39, 0.29) is 24.8 Å². The number of carbonyl (C=O) groups is 4. The van der Waals surface area contributed by atoms with Crippen molar-refractivity contribution < 1.29 is 24.3 Å². The van der Waals surface area contributed by atoms with E-state index in [4.69, 9.17) is 22.9 Å². The number of hydrogen-bond donors (Lipinski definition) is 8.